The summed E-state index contributed by atoms with van der Waals surface area (Å²) in [5.74, 6) is 0.909. The molecule has 9 heteroatoms. The molecule has 2 aliphatic rings. The maximum atomic E-state index is 12.3. The van der Waals surface area contributed by atoms with Crippen LogP contribution in [0.25, 0.3) is 0 Å². The molecule has 27 heavy (non-hydrogen) atoms. The Morgan fingerprint density at radius 2 is 2.00 bits per heavy atom. The average Bonchev–Trinajstić information content (AvgIpc) is 3.27. The molecule has 9 nitrogen and oxygen atoms in total. The van der Waals surface area contributed by atoms with Crippen LogP contribution >= 0.6 is 0 Å². The molecule has 0 bridgehead atoms. The highest BCUT2D eigenvalue weighted by atomic mass is 16.5. The molecule has 4 rings (SSSR count). The van der Waals surface area contributed by atoms with Gasteiger partial charge in [-0.05, 0) is 38.5 Å². The van der Waals surface area contributed by atoms with Crippen LogP contribution in [0.15, 0.2) is 4.52 Å². The fourth-order valence-corrected chi connectivity index (χ4v) is 3.80. The van der Waals surface area contributed by atoms with Gasteiger partial charge in [0.2, 0.25) is 0 Å². The number of rotatable bonds is 4. The number of aryl methyl sites for hydroxylation is 2. The van der Waals surface area contributed by atoms with Gasteiger partial charge >= 0.3 is 12.0 Å². The Morgan fingerprint density at radius 3 is 2.85 bits per heavy atom. The van der Waals surface area contributed by atoms with Gasteiger partial charge in [0.15, 0.2) is 5.82 Å². The Kier molecular flexibility index (Phi) is 4.83. The fourth-order valence-electron chi connectivity index (χ4n) is 3.80. The van der Waals surface area contributed by atoms with Crippen molar-refractivity contribution in [3.63, 3.8) is 0 Å². The number of nitrogens with zero attached hydrogens (tertiary/aromatic N) is 3. The minimum Gasteiger partial charge on any atom is -0.465 e. The number of aromatic nitrogens is 3. The zero-order valence-corrected chi connectivity index (χ0v) is 15.3. The lowest BCUT2D eigenvalue weighted by Crippen LogP contribution is -2.29. The fraction of sp³-hybridized carbons (Fsp3) is 0.556. The molecule has 0 spiro atoms. The Labute approximate surface area is 156 Å². The van der Waals surface area contributed by atoms with Crippen LogP contribution in [0.4, 0.5) is 10.6 Å². The Balaban J connectivity index is 1.45. The summed E-state index contributed by atoms with van der Waals surface area (Å²) in [5.41, 5.74) is 2.85. The summed E-state index contributed by atoms with van der Waals surface area (Å²) in [6, 6.07) is -0.404. The van der Waals surface area contributed by atoms with E-state index >= 15 is 0 Å². The highest BCUT2D eigenvalue weighted by molar-refractivity contribution is 5.92. The zero-order valence-electron chi connectivity index (χ0n) is 15.3. The van der Waals surface area contributed by atoms with Gasteiger partial charge in [-0.2, -0.15) is 5.10 Å². The summed E-state index contributed by atoms with van der Waals surface area (Å²) in [6.07, 6.45) is 6.68. The van der Waals surface area contributed by atoms with Crippen LogP contribution in [0.2, 0.25) is 0 Å². The highest BCUT2D eigenvalue weighted by Gasteiger charge is 2.26. The second kappa shape index (κ2) is 7.42. The summed E-state index contributed by atoms with van der Waals surface area (Å²) < 4.78 is 12.1. The molecule has 2 aromatic heterocycles. The molecule has 0 aromatic carbocycles. The number of esters is 1. The van der Waals surface area contributed by atoms with E-state index in [0.29, 0.717) is 17.1 Å². The normalized spacial score (nSPS) is 15.6. The van der Waals surface area contributed by atoms with E-state index in [4.69, 9.17) is 9.26 Å². The molecular weight excluding hydrogens is 350 g/mol. The number of carbonyl (C=O) groups excluding carboxylic acids is 2. The van der Waals surface area contributed by atoms with E-state index in [2.05, 4.69) is 20.9 Å². The van der Waals surface area contributed by atoms with Crippen molar-refractivity contribution in [1.29, 1.82) is 0 Å². The number of amides is 2. The smallest absolute Gasteiger partial charge is 0.341 e. The van der Waals surface area contributed by atoms with Crippen molar-refractivity contribution < 1.29 is 18.8 Å². The molecule has 0 atom stereocenters. The molecule has 144 valence electrons. The van der Waals surface area contributed by atoms with E-state index in [1.165, 1.54) is 7.11 Å². The molecule has 0 saturated carbocycles. The summed E-state index contributed by atoms with van der Waals surface area (Å²) in [4.78, 5) is 24.5. The number of hydrogen-bond donors (Lipinski definition) is 2. The molecule has 2 amide bonds. The quantitative estimate of drug-likeness (QED) is 0.795. The molecule has 0 fully saturated rings. The lowest BCUT2D eigenvalue weighted by molar-refractivity contribution is 0.0597. The first-order chi connectivity index (χ1) is 13.2. The molecule has 2 aromatic rings. The second-order valence-electron chi connectivity index (χ2n) is 6.89. The van der Waals surface area contributed by atoms with Gasteiger partial charge in [0.1, 0.15) is 11.3 Å². The van der Waals surface area contributed by atoms with Gasteiger partial charge in [0.25, 0.3) is 0 Å². The van der Waals surface area contributed by atoms with Crippen LogP contribution in [0, 0.1) is 0 Å². The summed E-state index contributed by atoms with van der Waals surface area (Å²) in [6.45, 7) is 0.910. The molecule has 0 radical (unpaired) electrons. The van der Waals surface area contributed by atoms with E-state index in [-0.39, 0.29) is 6.54 Å². The summed E-state index contributed by atoms with van der Waals surface area (Å²) in [5, 5.41) is 14.0. The number of hydrogen-bond acceptors (Lipinski definition) is 6. The van der Waals surface area contributed by atoms with E-state index in [9.17, 15) is 9.59 Å². The standard InChI is InChI=1S/C18H23N5O4/c1-26-17(24)15-12(21-23-9-5-4-7-13(15)23)10-19-18(25)20-16-11-6-2-3-8-14(11)27-22-16/h2-10H2,1H3,(H2,19,20,22,25). The minimum atomic E-state index is -0.416. The highest BCUT2D eigenvalue weighted by Crippen LogP contribution is 2.27. The number of nitrogens with one attached hydrogen (secondary N) is 2. The lowest BCUT2D eigenvalue weighted by Gasteiger charge is -2.13. The first-order valence-electron chi connectivity index (χ1n) is 9.36. The first-order valence-corrected chi connectivity index (χ1v) is 9.36. The van der Waals surface area contributed by atoms with Gasteiger partial charge in [-0.3, -0.25) is 10.00 Å². The summed E-state index contributed by atoms with van der Waals surface area (Å²) >= 11 is 0. The van der Waals surface area contributed by atoms with Crippen molar-refractivity contribution >= 4 is 17.8 Å². The molecule has 0 unspecified atom stereocenters. The van der Waals surface area contributed by atoms with Crippen LogP contribution in [-0.2, 0) is 37.1 Å². The van der Waals surface area contributed by atoms with E-state index < -0.39 is 12.0 Å². The van der Waals surface area contributed by atoms with Crippen molar-refractivity contribution in [2.45, 2.75) is 58.0 Å². The van der Waals surface area contributed by atoms with Gasteiger partial charge < -0.3 is 14.6 Å². The van der Waals surface area contributed by atoms with Gasteiger partial charge in [0.05, 0.1) is 25.0 Å². The number of fused-ring (bicyclic) bond motifs is 2. The molecule has 3 heterocycles. The zero-order chi connectivity index (χ0) is 18.8. The van der Waals surface area contributed by atoms with Gasteiger partial charge in [0, 0.05) is 18.5 Å². The Hall–Kier alpha value is -2.84. The van der Waals surface area contributed by atoms with E-state index in [1.54, 1.807) is 0 Å². The molecule has 1 aliphatic heterocycles. The number of urea groups is 1. The Bertz CT molecular complexity index is 869. The average molecular weight is 373 g/mol. The maximum Gasteiger partial charge on any atom is 0.341 e. The molecule has 2 N–H and O–H groups in total. The number of anilines is 1. The van der Waals surface area contributed by atoms with Crippen LogP contribution in [-0.4, -0.2) is 34.0 Å². The number of methoxy groups -OCH3 is 1. The molecular formula is C18H23N5O4. The van der Waals surface area contributed by atoms with Crippen LogP contribution in [0.1, 0.15) is 58.8 Å². The number of ether oxygens (including phenoxy) is 1. The van der Waals surface area contributed by atoms with Crippen molar-refractivity contribution in [1.82, 2.24) is 20.3 Å². The number of carbonyl (C=O) groups is 2. The predicted octanol–water partition coefficient (Wildman–Crippen LogP) is 2.19. The SMILES string of the molecule is COC(=O)c1c(CNC(=O)Nc2noc3c2CCCC3)nn2c1CCCC2. The van der Waals surface area contributed by atoms with Gasteiger partial charge in [-0.15, -0.1) is 0 Å². The van der Waals surface area contributed by atoms with Crippen molar-refractivity contribution in [2.75, 3.05) is 12.4 Å². The molecule has 0 saturated heterocycles. The monoisotopic (exact) mass is 373 g/mol. The third kappa shape index (κ3) is 3.41. The second-order valence-corrected chi connectivity index (χ2v) is 6.89. The maximum absolute atomic E-state index is 12.3. The van der Waals surface area contributed by atoms with Crippen LogP contribution in [0.5, 0.6) is 0 Å². The van der Waals surface area contributed by atoms with Crippen molar-refractivity contribution in [3.8, 4) is 0 Å². The van der Waals surface area contributed by atoms with E-state index in [0.717, 1.165) is 68.5 Å². The van der Waals surface area contributed by atoms with E-state index in [1.807, 2.05) is 4.68 Å². The molecule has 1 aliphatic carbocycles. The van der Waals surface area contributed by atoms with Crippen LogP contribution < -0.4 is 10.6 Å². The van der Waals surface area contributed by atoms with Gasteiger partial charge in [-0.1, -0.05) is 5.16 Å². The van der Waals surface area contributed by atoms with Gasteiger partial charge in [-0.25, -0.2) is 9.59 Å². The first kappa shape index (κ1) is 17.6. The van der Waals surface area contributed by atoms with Crippen molar-refractivity contribution in [3.05, 3.63) is 28.3 Å². The third-order valence-corrected chi connectivity index (χ3v) is 5.15. The minimum absolute atomic E-state index is 0.135. The predicted molar refractivity (Wildman–Crippen MR) is 95.5 cm³/mol. The lowest BCUT2D eigenvalue weighted by atomic mass is 9.98. The van der Waals surface area contributed by atoms with Crippen LogP contribution in [0.3, 0.4) is 0 Å². The van der Waals surface area contributed by atoms with Crippen molar-refractivity contribution in [2.24, 2.45) is 0 Å². The topological polar surface area (TPSA) is 111 Å². The third-order valence-electron chi connectivity index (χ3n) is 5.15. The Morgan fingerprint density at radius 1 is 1.19 bits per heavy atom. The summed E-state index contributed by atoms with van der Waals surface area (Å²) in [7, 11) is 1.35. The largest absolute Gasteiger partial charge is 0.465 e.